The van der Waals surface area contributed by atoms with E-state index in [2.05, 4.69) is 35.8 Å². The SMILES string of the molecule is Br.COc1ccc(N2CCN(C(C)C)CC2)cc1. The van der Waals surface area contributed by atoms with Crippen molar-refractivity contribution in [1.29, 1.82) is 0 Å². The lowest BCUT2D eigenvalue weighted by molar-refractivity contribution is 0.209. The van der Waals surface area contributed by atoms with Crippen LogP contribution in [0.2, 0.25) is 0 Å². The maximum Gasteiger partial charge on any atom is 0.119 e. The van der Waals surface area contributed by atoms with Gasteiger partial charge in [0.15, 0.2) is 0 Å². The minimum absolute atomic E-state index is 0. The summed E-state index contributed by atoms with van der Waals surface area (Å²) in [6.07, 6.45) is 0. The van der Waals surface area contributed by atoms with Gasteiger partial charge < -0.3 is 9.64 Å². The van der Waals surface area contributed by atoms with E-state index >= 15 is 0 Å². The summed E-state index contributed by atoms with van der Waals surface area (Å²) in [4.78, 5) is 4.97. The van der Waals surface area contributed by atoms with Crippen molar-refractivity contribution in [2.45, 2.75) is 19.9 Å². The van der Waals surface area contributed by atoms with E-state index in [1.54, 1.807) is 7.11 Å². The van der Waals surface area contributed by atoms with Crippen LogP contribution in [0.5, 0.6) is 5.75 Å². The first kappa shape index (κ1) is 15.3. The summed E-state index contributed by atoms with van der Waals surface area (Å²) in [5.74, 6) is 0.926. The lowest BCUT2D eigenvalue weighted by Gasteiger charge is -2.38. The van der Waals surface area contributed by atoms with Crippen LogP contribution in [-0.4, -0.2) is 44.2 Å². The molecule has 1 fully saturated rings. The predicted molar refractivity (Wildman–Crippen MR) is 82.2 cm³/mol. The molecule has 0 aromatic heterocycles. The first-order valence-corrected chi connectivity index (χ1v) is 6.34. The van der Waals surface area contributed by atoms with Gasteiger partial charge in [-0.15, -0.1) is 17.0 Å². The van der Waals surface area contributed by atoms with Crippen LogP contribution < -0.4 is 9.64 Å². The summed E-state index contributed by atoms with van der Waals surface area (Å²) < 4.78 is 5.18. The molecule has 1 aromatic carbocycles. The first-order valence-electron chi connectivity index (χ1n) is 6.34. The van der Waals surface area contributed by atoms with Gasteiger partial charge in [0.2, 0.25) is 0 Å². The molecule has 2 rings (SSSR count). The summed E-state index contributed by atoms with van der Waals surface area (Å²) in [5.41, 5.74) is 1.30. The van der Waals surface area contributed by atoms with Gasteiger partial charge in [-0.2, -0.15) is 0 Å². The molecular formula is C14H23BrN2O. The zero-order valence-corrected chi connectivity index (χ0v) is 13.1. The molecule has 0 amide bonds. The zero-order chi connectivity index (χ0) is 12.3. The summed E-state index contributed by atoms with van der Waals surface area (Å²) in [5, 5.41) is 0. The molecule has 1 aromatic rings. The minimum Gasteiger partial charge on any atom is -0.497 e. The van der Waals surface area contributed by atoms with Crippen LogP contribution in [0, 0.1) is 0 Å². The Balaban J connectivity index is 0.00000162. The van der Waals surface area contributed by atoms with E-state index in [1.807, 2.05) is 12.1 Å². The standard InChI is InChI=1S/C14H22N2O.BrH/c1-12(2)15-8-10-16(11-9-15)13-4-6-14(17-3)7-5-13;/h4-7,12H,8-11H2,1-3H3;1H. The molecule has 0 bridgehead atoms. The Hall–Kier alpha value is -0.740. The van der Waals surface area contributed by atoms with Crippen molar-refractivity contribution in [3.05, 3.63) is 24.3 Å². The van der Waals surface area contributed by atoms with E-state index < -0.39 is 0 Å². The Kier molecular flexibility index (Phi) is 5.96. The van der Waals surface area contributed by atoms with Gasteiger partial charge in [0.05, 0.1) is 7.11 Å². The molecular weight excluding hydrogens is 292 g/mol. The highest BCUT2D eigenvalue weighted by molar-refractivity contribution is 8.93. The number of hydrogen-bond acceptors (Lipinski definition) is 3. The second kappa shape index (κ2) is 7.00. The lowest BCUT2D eigenvalue weighted by Crippen LogP contribution is -2.48. The number of anilines is 1. The highest BCUT2D eigenvalue weighted by Gasteiger charge is 2.18. The smallest absolute Gasteiger partial charge is 0.119 e. The summed E-state index contributed by atoms with van der Waals surface area (Å²) in [6, 6.07) is 9.01. The number of piperazine rings is 1. The van der Waals surface area contributed by atoms with Crippen molar-refractivity contribution >= 4 is 22.7 Å². The summed E-state index contributed by atoms with van der Waals surface area (Å²) in [6.45, 7) is 9.08. The predicted octanol–water partition coefficient (Wildman–Crippen LogP) is 2.80. The zero-order valence-electron chi connectivity index (χ0n) is 11.4. The van der Waals surface area contributed by atoms with Crippen molar-refractivity contribution in [2.24, 2.45) is 0 Å². The number of halogens is 1. The molecule has 0 aliphatic carbocycles. The van der Waals surface area contributed by atoms with Crippen LogP contribution in [0.3, 0.4) is 0 Å². The lowest BCUT2D eigenvalue weighted by atomic mass is 10.2. The van der Waals surface area contributed by atoms with Gasteiger partial charge in [-0.05, 0) is 38.1 Å². The van der Waals surface area contributed by atoms with Crippen LogP contribution in [0.15, 0.2) is 24.3 Å². The Morgan fingerprint density at radius 1 is 1.00 bits per heavy atom. The Bertz CT molecular complexity index is 345. The van der Waals surface area contributed by atoms with Crippen LogP contribution in [-0.2, 0) is 0 Å². The average molecular weight is 315 g/mol. The molecule has 1 aliphatic heterocycles. The second-order valence-electron chi connectivity index (χ2n) is 4.81. The highest BCUT2D eigenvalue weighted by Crippen LogP contribution is 2.20. The molecule has 0 unspecified atom stereocenters. The van der Waals surface area contributed by atoms with Crippen molar-refractivity contribution in [1.82, 2.24) is 4.90 Å². The minimum atomic E-state index is 0. The van der Waals surface area contributed by atoms with E-state index in [0.717, 1.165) is 31.9 Å². The maximum atomic E-state index is 5.18. The summed E-state index contributed by atoms with van der Waals surface area (Å²) in [7, 11) is 1.70. The molecule has 1 heterocycles. The number of rotatable bonds is 3. The van der Waals surface area contributed by atoms with Gasteiger partial charge >= 0.3 is 0 Å². The van der Waals surface area contributed by atoms with E-state index in [4.69, 9.17) is 4.74 Å². The molecule has 18 heavy (non-hydrogen) atoms. The Morgan fingerprint density at radius 3 is 2.00 bits per heavy atom. The normalized spacial score (nSPS) is 16.6. The number of benzene rings is 1. The third-order valence-corrected chi connectivity index (χ3v) is 3.48. The molecule has 1 saturated heterocycles. The van der Waals surface area contributed by atoms with Crippen LogP contribution in [0.4, 0.5) is 5.69 Å². The Morgan fingerprint density at radius 2 is 1.56 bits per heavy atom. The van der Waals surface area contributed by atoms with Crippen LogP contribution in [0.25, 0.3) is 0 Å². The third-order valence-electron chi connectivity index (χ3n) is 3.48. The van der Waals surface area contributed by atoms with E-state index in [0.29, 0.717) is 6.04 Å². The van der Waals surface area contributed by atoms with Gasteiger partial charge in [-0.25, -0.2) is 0 Å². The fraction of sp³-hybridized carbons (Fsp3) is 0.571. The molecule has 0 spiro atoms. The number of hydrogen-bond donors (Lipinski definition) is 0. The molecule has 4 heteroatoms. The molecule has 0 saturated carbocycles. The van der Waals surface area contributed by atoms with Crippen LogP contribution in [0.1, 0.15) is 13.8 Å². The average Bonchev–Trinajstić information content (AvgIpc) is 2.39. The van der Waals surface area contributed by atoms with Crippen molar-refractivity contribution in [3.8, 4) is 5.75 Å². The Labute approximate surface area is 120 Å². The largest absolute Gasteiger partial charge is 0.497 e. The van der Waals surface area contributed by atoms with Gasteiger partial charge in [0.25, 0.3) is 0 Å². The first-order chi connectivity index (χ1) is 8.20. The van der Waals surface area contributed by atoms with Gasteiger partial charge in [-0.3, -0.25) is 4.90 Å². The monoisotopic (exact) mass is 314 g/mol. The second-order valence-corrected chi connectivity index (χ2v) is 4.81. The topological polar surface area (TPSA) is 15.7 Å². The number of ether oxygens (including phenoxy) is 1. The van der Waals surface area contributed by atoms with E-state index in [9.17, 15) is 0 Å². The van der Waals surface area contributed by atoms with E-state index in [1.165, 1.54) is 5.69 Å². The molecule has 0 radical (unpaired) electrons. The van der Waals surface area contributed by atoms with Gasteiger partial charge in [-0.1, -0.05) is 0 Å². The van der Waals surface area contributed by atoms with Gasteiger partial charge in [0, 0.05) is 37.9 Å². The van der Waals surface area contributed by atoms with Gasteiger partial charge in [0.1, 0.15) is 5.75 Å². The van der Waals surface area contributed by atoms with Crippen molar-refractivity contribution in [3.63, 3.8) is 0 Å². The van der Waals surface area contributed by atoms with E-state index in [-0.39, 0.29) is 17.0 Å². The van der Waals surface area contributed by atoms with Crippen LogP contribution >= 0.6 is 17.0 Å². The maximum absolute atomic E-state index is 5.18. The molecule has 0 N–H and O–H groups in total. The number of methoxy groups -OCH3 is 1. The summed E-state index contributed by atoms with van der Waals surface area (Å²) >= 11 is 0. The fourth-order valence-electron chi connectivity index (χ4n) is 2.29. The molecule has 1 aliphatic rings. The third kappa shape index (κ3) is 3.62. The quantitative estimate of drug-likeness (QED) is 0.853. The number of nitrogens with zero attached hydrogens (tertiary/aromatic N) is 2. The fourth-order valence-corrected chi connectivity index (χ4v) is 2.29. The molecule has 0 atom stereocenters. The molecule has 102 valence electrons. The van der Waals surface area contributed by atoms with Crippen molar-refractivity contribution < 1.29 is 4.74 Å². The molecule has 3 nitrogen and oxygen atoms in total. The van der Waals surface area contributed by atoms with Crippen molar-refractivity contribution in [2.75, 3.05) is 38.2 Å². The highest BCUT2D eigenvalue weighted by atomic mass is 79.9.